The van der Waals surface area contributed by atoms with Crippen molar-refractivity contribution < 1.29 is 0 Å². The SMILES string of the molecule is CCC1CCCC(CC)C1NSc1nc2c(C)cccc2s1. The highest BCUT2D eigenvalue weighted by atomic mass is 32.2. The van der Waals surface area contributed by atoms with Gasteiger partial charge in [0, 0.05) is 6.04 Å². The Labute approximate surface area is 142 Å². The van der Waals surface area contributed by atoms with Gasteiger partial charge in [0.15, 0.2) is 4.34 Å². The normalized spacial score (nSPS) is 25.7. The molecular weight excluding hydrogens is 308 g/mol. The maximum Gasteiger partial charge on any atom is 0.166 e. The molecule has 0 radical (unpaired) electrons. The summed E-state index contributed by atoms with van der Waals surface area (Å²) in [5.74, 6) is 1.64. The van der Waals surface area contributed by atoms with Crippen LogP contribution in [0.5, 0.6) is 0 Å². The van der Waals surface area contributed by atoms with E-state index in [1.54, 1.807) is 11.9 Å². The van der Waals surface area contributed by atoms with Gasteiger partial charge in [-0.05, 0) is 55.2 Å². The number of nitrogens with one attached hydrogen (secondary N) is 1. The molecule has 1 fully saturated rings. The second-order valence-electron chi connectivity index (χ2n) is 6.41. The highest BCUT2D eigenvalue weighted by Gasteiger charge is 2.31. The zero-order chi connectivity index (χ0) is 15.5. The molecule has 22 heavy (non-hydrogen) atoms. The number of aromatic nitrogens is 1. The van der Waals surface area contributed by atoms with Crippen molar-refractivity contribution in [3.8, 4) is 0 Å². The van der Waals surface area contributed by atoms with Crippen molar-refractivity contribution in [3.63, 3.8) is 0 Å². The number of benzene rings is 1. The second kappa shape index (κ2) is 7.33. The van der Waals surface area contributed by atoms with Crippen molar-refractivity contribution in [1.29, 1.82) is 0 Å². The van der Waals surface area contributed by atoms with Gasteiger partial charge in [-0.3, -0.25) is 4.72 Å². The molecule has 1 heterocycles. The molecule has 4 heteroatoms. The highest BCUT2D eigenvalue weighted by Crippen LogP contribution is 2.36. The smallest absolute Gasteiger partial charge is 0.166 e. The van der Waals surface area contributed by atoms with Crippen LogP contribution in [0, 0.1) is 18.8 Å². The third-order valence-electron chi connectivity index (χ3n) is 5.10. The molecule has 0 saturated heterocycles. The maximum absolute atomic E-state index is 4.82. The summed E-state index contributed by atoms with van der Waals surface area (Å²) in [6, 6.07) is 7.08. The zero-order valence-corrected chi connectivity index (χ0v) is 15.4. The van der Waals surface area contributed by atoms with E-state index in [4.69, 9.17) is 4.98 Å². The largest absolute Gasteiger partial charge is 0.254 e. The summed E-state index contributed by atoms with van der Waals surface area (Å²) in [4.78, 5) is 4.82. The maximum atomic E-state index is 4.82. The number of nitrogens with zero attached hydrogens (tertiary/aromatic N) is 1. The molecule has 2 unspecified atom stereocenters. The molecule has 0 amide bonds. The minimum atomic E-state index is 0.641. The Bertz CT molecular complexity index is 611. The third-order valence-corrected chi connectivity index (χ3v) is 7.07. The van der Waals surface area contributed by atoms with Crippen molar-refractivity contribution >= 4 is 33.5 Å². The molecule has 2 nitrogen and oxygen atoms in total. The van der Waals surface area contributed by atoms with E-state index in [-0.39, 0.29) is 0 Å². The number of hydrogen-bond acceptors (Lipinski definition) is 4. The summed E-state index contributed by atoms with van der Waals surface area (Å²) in [5.41, 5.74) is 2.44. The first-order chi connectivity index (χ1) is 10.7. The van der Waals surface area contributed by atoms with Gasteiger partial charge in [-0.2, -0.15) is 0 Å². The van der Waals surface area contributed by atoms with Crippen LogP contribution < -0.4 is 4.72 Å². The summed E-state index contributed by atoms with van der Waals surface area (Å²) < 4.78 is 6.24. The van der Waals surface area contributed by atoms with Gasteiger partial charge < -0.3 is 0 Å². The lowest BCUT2D eigenvalue weighted by atomic mass is 9.75. The number of thiazole rings is 1. The van der Waals surface area contributed by atoms with Gasteiger partial charge >= 0.3 is 0 Å². The van der Waals surface area contributed by atoms with Crippen molar-refractivity contribution in [1.82, 2.24) is 9.71 Å². The van der Waals surface area contributed by atoms with Crippen LogP contribution in [0.25, 0.3) is 10.2 Å². The quantitative estimate of drug-likeness (QED) is 0.699. The fraction of sp³-hybridized carbons (Fsp3) is 0.611. The van der Waals surface area contributed by atoms with E-state index in [1.807, 2.05) is 11.3 Å². The Hall–Kier alpha value is -0.580. The van der Waals surface area contributed by atoms with Gasteiger partial charge in [0.05, 0.1) is 10.2 Å². The van der Waals surface area contributed by atoms with Crippen molar-refractivity contribution in [2.24, 2.45) is 11.8 Å². The number of fused-ring (bicyclic) bond motifs is 1. The summed E-state index contributed by atoms with van der Waals surface area (Å²) >= 11 is 3.56. The molecule has 1 aliphatic rings. The van der Waals surface area contributed by atoms with E-state index in [1.165, 1.54) is 47.9 Å². The van der Waals surface area contributed by atoms with Crippen molar-refractivity contribution in [2.45, 2.75) is 63.3 Å². The predicted molar refractivity (Wildman–Crippen MR) is 98.6 cm³/mol. The van der Waals surface area contributed by atoms with Crippen molar-refractivity contribution in [2.75, 3.05) is 0 Å². The van der Waals surface area contributed by atoms with Gasteiger partial charge in [-0.1, -0.05) is 45.2 Å². The first kappa shape index (κ1) is 16.3. The molecule has 1 N–H and O–H groups in total. The summed E-state index contributed by atoms with van der Waals surface area (Å²) in [7, 11) is 0. The van der Waals surface area contributed by atoms with Gasteiger partial charge in [0.1, 0.15) is 0 Å². The fourth-order valence-corrected chi connectivity index (χ4v) is 5.84. The second-order valence-corrected chi connectivity index (χ2v) is 8.53. The van der Waals surface area contributed by atoms with Crippen LogP contribution in [0.3, 0.4) is 0 Å². The molecule has 0 bridgehead atoms. The van der Waals surface area contributed by atoms with Crippen LogP contribution >= 0.6 is 23.3 Å². The van der Waals surface area contributed by atoms with E-state index in [9.17, 15) is 0 Å². The van der Waals surface area contributed by atoms with E-state index in [2.05, 4.69) is 43.7 Å². The highest BCUT2D eigenvalue weighted by molar-refractivity contribution is 7.99. The lowest BCUT2D eigenvalue weighted by Crippen LogP contribution is -2.41. The fourth-order valence-electron chi connectivity index (χ4n) is 3.72. The number of aryl methyl sites for hydroxylation is 1. The van der Waals surface area contributed by atoms with Gasteiger partial charge in [-0.25, -0.2) is 4.98 Å². The van der Waals surface area contributed by atoms with Crippen LogP contribution in [0.4, 0.5) is 0 Å². The van der Waals surface area contributed by atoms with Crippen LogP contribution in [-0.2, 0) is 0 Å². The van der Waals surface area contributed by atoms with Gasteiger partial charge in [0.25, 0.3) is 0 Å². The average Bonchev–Trinajstić information content (AvgIpc) is 2.97. The predicted octanol–water partition coefficient (Wildman–Crippen LogP) is 5.81. The molecule has 1 aliphatic carbocycles. The van der Waals surface area contributed by atoms with E-state index in [0.717, 1.165) is 16.2 Å². The zero-order valence-electron chi connectivity index (χ0n) is 13.8. The monoisotopic (exact) mass is 334 g/mol. The van der Waals surface area contributed by atoms with Crippen molar-refractivity contribution in [3.05, 3.63) is 23.8 Å². The number of para-hydroxylation sites is 1. The minimum absolute atomic E-state index is 0.641. The molecule has 3 rings (SSSR count). The molecule has 0 aliphatic heterocycles. The molecule has 1 aromatic carbocycles. The van der Waals surface area contributed by atoms with Crippen LogP contribution in [0.15, 0.2) is 22.5 Å². The van der Waals surface area contributed by atoms with Crippen LogP contribution in [0.1, 0.15) is 51.5 Å². The molecule has 1 saturated carbocycles. The first-order valence-electron chi connectivity index (χ1n) is 8.51. The molecule has 2 aromatic rings. The summed E-state index contributed by atoms with van der Waals surface area (Å²) in [5, 5.41) is 0. The van der Waals surface area contributed by atoms with E-state index in [0.29, 0.717) is 6.04 Å². The van der Waals surface area contributed by atoms with Gasteiger partial charge in [-0.15, -0.1) is 11.3 Å². The molecule has 2 atom stereocenters. The Morgan fingerprint density at radius 1 is 1.23 bits per heavy atom. The molecule has 120 valence electrons. The summed E-state index contributed by atoms with van der Waals surface area (Å²) in [6.07, 6.45) is 6.73. The number of rotatable bonds is 5. The summed E-state index contributed by atoms with van der Waals surface area (Å²) in [6.45, 7) is 6.82. The van der Waals surface area contributed by atoms with Crippen LogP contribution in [-0.4, -0.2) is 11.0 Å². The average molecular weight is 335 g/mol. The molecule has 0 spiro atoms. The number of hydrogen-bond donors (Lipinski definition) is 1. The lowest BCUT2D eigenvalue weighted by Gasteiger charge is -2.37. The topological polar surface area (TPSA) is 24.9 Å². The Morgan fingerprint density at radius 2 is 1.95 bits per heavy atom. The lowest BCUT2D eigenvalue weighted by molar-refractivity contribution is 0.199. The molecule has 1 aromatic heterocycles. The third kappa shape index (κ3) is 3.34. The first-order valence-corrected chi connectivity index (χ1v) is 10.1. The Balaban J connectivity index is 1.72. The Morgan fingerprint density at radius 3 is 2.59 bits per heavy atom. The van der Waals surface area contributed by atoms with E-state index < -0.39 is 0 Å². The van der Waals surface area contributed by atoms with Gasteiger partial charge in [0.2, 0.25) is 0 Å². The van der Waals surface area contributed by atoms with E-state index >= 15 is 0 Å². The Kier molecular flexibility index (Phi) is 5.42. The molecular formula is C18H26N2S2. The minimum Gasteiger partial charge on any atom is -0.254 e. The van der Waals surface area contributed by atoms with Crippen LogP contribution in [0.2, 0.25) is 0 Å². The standard InChI is InChI=1S/C18H26N2S2/c1-4-13-9-7-10-14(5-2)17(13)20-22-18-19-16-12(3)8-6-11-15(16)21-18/h6,8,11,13-14,17,20H,4-5,7,9-10H2,1-3H3.